The molecule has 0 aliphatic heterocycles. The van der Waals surface area contributed by atoms with Gasteiger partial charge in [-0.25, -0.2) is 10.1 Å². The van der Waals surface area contributed by atoms with Crippen molar-refractivity contribution >= 4 is 0 Å². The molecule has 0 heterocycles. The minimum absolute atomic E-state index is 0.358. The Kier molecular flexibility index (Phi) is 4.52. The Morgan fingerprint density at radius 3 is 2.18 bits per heavy atom. The molecule has 5 nitrogen and oxygen atoms in total. The van der Waals surface area contributed by atoms with Crippen LogP contribution in [0.3, 0.4) is 0 Å². The van der Waals surface area contributed by atoms with Crippen LogP contribution < -0.4 is 0 Å². The van der Waals surface area contributed by atoms with Crippen LogP contribution in [0.2, 0.25) is 0 Å². The lowest BCUT2D eigenvalue weighted by Crippen LogP contribution is -2.35. The van der Waals surface area contributed by atoms with E-state index in [4.69, 9.17) is 0 Å². The lowest BCUT2D eigenvalue weighted by Gasteiger charge is -2.14. The molecule has 0 aliphatic rings. The monoisotopic (exact) mass is 161 g/mol. The van der Waals surface area contributed by atoms with E-state index in [1.165, 1.54) is 5.01 Å². The summed E-state index contributed by atoms with van der Waals surface area (Å²) in [4.78, 5) is 12.2. The highest BCUT2D eigenvalue weighted by atomic mass is 16.7. The van der Waals surface area contributed by atoms with E-state index in [1.807, 2.05) is 19.0 Å². The molecular weight excluding hydrogens is 146 g/mol. The van der Waals surface area contributed by atoms with Gasteiger partial charge in [-0.2, -0.15) is 0 Å². The van der Waals surface area contributed by atoms with Crippen LogP contribution in [0, 0.1) is 10.1 Å². The zero-order valence-corrected chi connectivity index (χ0v) is 7.28. The molecule has 0 bridgehead atoms. The van der Waals surface area contributed by atoms with E-state index in [2.05, 4.69) is 0 Å². The van der Waals surface area contributed by atoms with Crippen molar-refractivity contribution in [2.75, 3.05) is 33.7 Å². The minimum Gasteiger partial charge on any atom is -0.307 e. The zero-order chi connectivity index (χ0) is 8.85. The predicted octanol–water partition coefficient (Wildman–Crippen LogP) is 0.0616. The Labute approximate surface area is 66.7 Å². The summed E-state index contributed by atoms with van der Waals surface area (Å²) in [5.41, 5.74) is 0. The number of hydrazine groups is 1. The largest absolute Gasteiger partial charge is 0.307 e. The van der Waals surface area contributed by atoms with Crippen molar-refractivity contribution in [3.8, 4) is 0 Å². The fourth-order valence-electron chi connectivity index (χ4n) is 0.671. The van der Waals surface area contributed by atoms with Gasteiger partial charge in [-0.15, -0.1) is 5.01 Å². The molecule has 0 fully saturated rings. The Hall–Kier alpha value is -0.840. The van der Waals surface area contributed by atoms with Crippen molar-refractivity contribution in [2.45, 2.75) is 6.92 Å². The molecule has 0 aromatic carbocycles. The second-order valence-corrected chi connectivity index (χ2v) is 2.59. The van der Waals surface area contributed by atoms with Crippen molar-refractivity contribution in [1.82, 2.24) is 9.91 Å². The maximum absolute atomic E-state index is 10.3. The van der Waals surface area contributed by atoms with E-state index in [-0.39, 0.29) is 5.03 Å². The Bertz CT molecular complexity index is 127. The molecule has 0 saturated carbocycles. The van der Waals surface area contributed by atoms with E-state index in [0.717, 1.165) is 6.54 Å². The summed E-state index contributed by atoms with van der Waals surface area (Å²) in [5, 5.41) is 11.1. The van der Waals surface area contributed by atoms with Crippen LogP contribution in [-0.4, -0.2) is 48.7 Å². The summed E-state index contributed by atoms with van der Waals surface area (Å²) in [5.74, 6) is 0. The van der Waals surface area contributed by atoms with Crippen molar-refractivity contribution in [2.24, 2.45) is 0 Å². The van der Waals surface area contributed by atoms with E-state index in [0.29, 0.717) is 13.1 Å². The number of rotatable bonds is 5. The van der Waals surface area contributed by atoms with Gasteiger partial charge in [0, 0.05) is 6.54 Å². The van der Waals surface area contributed by atoms with Crippen LogP contribution in [0.1, 0.15) is 6.92 Å². The lowest BCUT2D eigenvalue weighted by atomic mass is 10.5. The third-order valence-electron chi connectivity index (χ3n) is 1.40. The molecule has 0 amide bonds. The molecule has 0 aromatic heterocycles. The van der Waals surface area contributed by atoms with Gasteiger partial charge in [-0.1, -0.05) is 0 Å². The third kappa shape index (κ3) is 4.55. The van der Waals surface area contributed by atoms with Crippen molar-refractivity contribution < 1.29 is 5.03 Å². The number of hydrogen-bond acceptors (Lipinski definition) is 3. The number of hydrogen-bond donors (Lipinski definition) is 0. The first-order valence-electron chi connectivity index (χ1n) is 3.62. The van der Waals surface area contributed by atoms with E-state index >= 15 is 0 Å². The van der Waals surface area contributed by atoms with Crippen LogP contribution in [0.5, 0.6) is 0 Å². The molecule has 0 unspecified atom stereocenters. The van der Waals surface area contributed by atoms with Gasteiger partial charge in [0.1, 0.15) is 0 Å². The van der Waals surface area contributed by atoms with Gasteiger partial charge in [0.25, 0.3) is 0 Å². The first-order chi connectivity index (χ1) is 5.07. The fraction of sp³-hybridized carbons (Fsp3) is 1.00. The third-order valence-corrected chi connectivity index (χ3v) is 1.40. The van der Waals surface area contributed by atoms with E-state index in [9.17, 15) is 10.1 Å². The van der Waals surface area contributed by atoms with Crippen LogP contribution >= 0.6 is 0 Å². The molecule has 0 aromatic rings. The Balaban J connectivity index is 3.61. The van der Waals surface area contributed by atoms with Crippen LogP contribution in [-0.2, 0) is 0 Å². The molecule has 0 radical (unpaired) electrons. The first-order valence-corrected chi connectivity index (χ1v) is 3.62. The molecule has 11 heavy (non-hydrogen) atoms. The Morgan fingerprint density at radius 1 is 1.36 bits per heavy atom. The Morgan fingerprint density at radius 2 is 1.91 bits per heavy atom. The standard InChI is InChI=1S/C6H15N3O2/c1-4-8(9(10)11)6-5-7(2)3/h4-6H2,1-3H3. The first kappa shape index (κ1) is 10.2. The summed E-state index contributed by atoms with van der Waals surface area (Å²) in [7, 11) is 3.79. The molecule has 0 aliphatic carbocycles. The smallest absolute Gasteiger partial charge is 0.160 e. The maximum Gasteiger partial charge on any atom is 0.160 e. The molecule has 0 N–H and O–H groups in total. The van der Waals surface area contributed by atoms with Gasteiger partial charge in [0.2, 0.25) is 0 Å². The maximum atomic E-state index is 10.3. The van der Waals surface area contributed by atoms with E-state index < -0.39 is 0 Å². The van der Waals surface area contributed by atoms with Gasteiger partial charge in [0.05, 0.1) is 13.1 Å². The summed E-state index contributed by atoms with van der Waals surface area (Å²) in [6.07, 6.45) is 0. The summed E-state index contributed by atoms with van der Waals surface area (Å²) >= 11 is 0. The average molecular weight is 161 g/mol. The van der Waals surface area contributed by atoms with E-state index in [1.54, 1.807) is 6.92 Å². The topological polar surface area (TPSA) is 49.6 Å². The number of nitro groups is 1. The predicted molar refractivity (Wildman–Crippen MR) is 42.8 cm³/mol. The summed E-state index contributed by atoms with van der Waals surface area (Å²) in [6, 6.07) is 0. The normalized spacial score (nSPS) is 10.2. The molecule has 0 saturated heterocycles. The second kappa shape index (κ2) is 4.90. The molecule has 66 valence electrons. The molecule has 5 heteroatoms. The van der Waals surface area contributed by atoms with Crippen LogP contribution in [0.25, 0.3) is 0 Å². The average Bonchev–Trinajstić information content (AvgIpc) is 1.87. The fourth-order valence-corrected chi connectivity index (χ4v) is 0.671. The van der Waals surface area contributed by atoms with Gasteiger partial charge in [-0.3, -0.25) is 0 Å². The minimum atomic E-state index is -0.358. The quantitative estimate of drug-likeness (QED) is 0.422. The highest BCUT2D eigenvalue weighted by Gasteiger charge is 2.09. The second-order valence-electron chi connectivity index (χ2n) is 2.59. The molecular formula is C6H15N3O2. The van der Waals surface area contributed by atoms with Crippen LogP contribution in [0.4, 0.5) is 0 Å². The van der Waals surface area contributed by atoms with Gasteiger partial charge < -0.3 is 4.90 Å². The van der Waals surface area contributed by atoms with Gasteiger partial charge in [-0.05, 0) is 21.0 Å². The molecule has 0 atom stereocenters. The van der Waals surface area contributed by atoms with Gasteiger partial charge in [0.15, 0.2) is 5.03 Å². The zero-order valence-electron chi connectivity index (χ0n) is 7.28. The highest BCUT2D eigenvalue weighted by molar-refractivity contribution is 4.46. The lowest BCUT2D eigenvalue weighted by molar-refractivity contribution is -0.654. The van der Waals surface area contributed by atoms with Gasteiger partial charge >= 0.3 is 0 Å². The number of likely N-dealkylation sites (N-methyl/N-ethyl adjacent to an activating group) is 2. The van der Waals surface area contributed by atoms with Crippen molar-refractivity contribution in [3.63, 3.8) is 0 Å². The SMILES string of the molecule is CCN(CCN(C)C)[N+](=O)[O-]. The van der Waals surface area contributed by atoms with Crippen molar-refractivity contribution in [1.29, 1.82) is 0 Å². The summed E-state index contributed by atoms with van der Waals surface area (Å²) in [6.45, 7) is 3.44. The molecule has 0 spiro atoms. The van der Waals surface area contributed by atoms with Crippen molar-refractivity contribution in [3.05, 3.63) is 10.1 Å². The highest BCUT2D eigenvalue weighted by Crippen LogP contribution is 1.87. The number of nitrogens with zero attached hydrogens (tertiary/aromatic N) is 3. The molecule has 0 rings (SSSR count). The summed E-state index contributed by atoms with van der Waals surface area (Å²) < 4.78 is 0. The van der Waals surface area contributed by atoms with Crippen LogP contribution in [0.15, 0.2) is 0 Å².